The Kier molecular flexibility index (Phi) is 7.79. The van der Waals surface area contributed by atoms with Crippen molar-refractivity contribution in [1.29, 1.82) is 0 Å². The lowest BCUT2D eigenvalue weighted by molar-refractivity contribution is -0.719. The van der Waals surface area contributed by atoms with Gasteiger partial charge < -0.3 is 19.8 Å². The van der Waals surface area contributed by atoms with Crippen LogP contribution in [0.15, 0.2) is 5.28 Å². The van der Waals surface area contributed by atoms with E-state index < -0.39 is 18.0 Å². The second-order valence-electron chi connectivity index (χ2n) is 5.57. The number of carbonyl (C=O) groups excluding carboxylic acids is 1. The molecule has 9 nitrogen and oxygen atoms in total. The molecule has 0 aliphatic heterocycles. The normalized spacial score (nSPS) is 13.8. The third kappa shape index (κ3) is 8.90. The van der Waals surface area contributed by atoms with Gasteiger partial charge in [0.1, 0.15) is 12.1 Å². The minimum Gasteiger partial charge on any atom is -0.569 e. The summed E-state index contributed by atoms with van der Waals surface area (Å²) in [7, 11) is 0. The molecule has 0 radical (unpaired) electrons. The summed E-state index contributed by atoms with van der Waals surface area (Å²) in [6, 6.07) is -0.177. The lowest BCUT2D eigenvalue weighted by Crippen LogP contribution is -2.39. The second kappa shape index (κ2) is 8.50. The molecule has 0 amide bonds. The van der Waals surface area contributed by atoms with Crippen LogP contribution >= 0.6 is 0 Å². The van der Waals surface area contributed by atoms with Crippen molar-refractivity contribution in [3.63, 3.8) is 0 Å². The van der Waals surface area contributed by atoms with Crippen LogP contribution in [-0.4, -0.2) is 52.3 Å². The predicted molar refractivity (Wildman–Crippen MR) is 72.8 cm³/mol. The molecule has 0 saturated carbocycles. The summed E-state index contributed by atoms with van der Waals surface area (Å²) in [6.45, 7) is 9.91. The van der Waals surface area contributed by atoms with Crippen molar-refractivity contribution >= 4 is 6.16 Å². The summed E-state index contributed by atoms with van der Waals surface area (Å²) in [5.74, 6) is 0. The van der Waals surface area contributed by atoms with Gasteiger partial charge in [-0.25, -0.2) is 4.79 Å². The number of aliphatic hydroxyl groups excluding tert-OH is 1. The minimum absolute atomic E-state index is 0.106. The molecule has 0 spiro atoms. The van der Waals surface area contributed by atoms with Crippen LogP contribution in [0.25, 0.3) is 0 Å². The Labute approximate surface area is 124 Å². The molecule has 0 rings (SSSR count). The van der Waals surface area contributed by atoms with Gasteiger partial charge in [0.15, 0.2) is 0 Å². The number of carbonyl (C=O) groups is 1. The quantitative estimate of drug-likeness (QED) is 0.251. The topological polar surface area (TPSA) is 107 Å². The molecule has 0 saturated heterocycles. The van der Waals surface area contributed by atoms with E-state index in [1.54, 1.807) is 34.6 Å². The van der Waals surface area contributed by atoms with E-state index >= 15 is 0 Å². The number of hydrogen-bond donors (Lipinski definition) is 1. The van der Waals surface area contributed by atoms with Gasteiger partial charge in [-0.1, -0.05) is 0 Å². The van der Waals surface area contributed by atoms with Gasteiger partial charge in [0.05, 0.1) is 17.6 Å². The van der Waals surface area contributed by atoms with Crippen LogP contribution in [0.1, 0.15) is 41.5 Å². The number of rotatable bonds is 7. The third-order valence-electron chi connectivity index (χ3n) is 2.06. The van der Waals surface area contributed by atoms with Crippen LogP contribution in [-0.2, 0) is 14.3 Å². The third-order valence-corrected chi connectivity index (χ3v) is 2.06. The van der Waals surface area contributed by atoms with Crippen LogP contribution in [0, 0.1) is 5.21 Å². The van der Waals surface area contributed by atoms with Crippen molar-refractivity contribution in [2.24, 2.45) is 5.28 Å². The zero-order valence-electron chi connectivity index (χ0n) is 13.4. The fraction of sp³-hybridized carbons (Fsp3) is 0.917. The van der Waals surface area contributed by atoms with Crippen molar-refractivity contribution < 1.29 is 29.2 Å². The first-order valence-electron chi connectivity index (χ1n) is 6.68. The van der Waals surface area contributed by atoms with Gasteiger partial charge in [-0.15, -0.1) is 5.01 Å². The first-order valence-corrected chi connectivity index (χ1v) is 6.68. The van der Waals surface area contributed by atoms with Crippen LogP contribution < -0.4 is 0 Å². The molecule has 0 fully saturated rings. The van der Waals surface area contributed by atoms with Crippen molar-refractivity contribution in [1.82, 2.24) is 5.01 Å². The maximum absolute atomic E-state index is 11.7. The molecule has 1 N–H and O–H groups in total. The van der Waals surface area contributed by atoms with E-state index in [4.69, 9.17) is 19.4 Å². The smallest absolute Gasteiger partial charge is 0.511 e. The Bertz CT molecular complexity index is 353. The van der Waals surface area contributed by atoms with Crippen molar-refractivity contribution in [2.45, 2.75) is 59.5 Å². The van der Waals surface area contributed by atoms with E-state index in [0.29, 0.717) is 0 Å². The average Bonchev–Trinajstić information content (AvgIpc) is 2.30. The lowest BCUT2D eigenvalue weighted by atomic mass is 10.2. The Balaban J connectivity index is 4.41. The van der Waals surface area contributed by atoms with Crippen molar-refractivity contribution in [3.8, 4) is 0 Å². The molecule has 9 heteroatoms. The zero-order valence-corrected chi connectivity index (χ0v) is 13.4. The van der Waals surface area contributed by atoms with E-state index in [1.165, 1.54) is 11.9 Å². The van der Waals surface area contributed by atoms with E-state index in [0.717, 1.165) is 0 Å². The van der Waals surface area contributed by atoms with Gasteiger partial charge in [-0.3, -0.25) is 4.84 Å². The highest BCUT2D eigenvalue weighted by Crippen LogP contribution is 2.10. The molecule has 124 valence electrons. The summed E-state index contributed by atoms with van der Waals surface area (Å²) >= 11 is 0. The van der Waals surface area contributed by atoms with E-state index in [-0.39, 0.29) is 24.2 Å². The molecule has 0 heterocycles. The largest absolute Gasteiger partial charge is 0.569 e. The summed E-state index contributed by atoms with van der Waals surface area (Å²) in [5.41, 5.74) is -0.686. The minimum atomic E-state index is -1.08. The first kappa shape index (κ1) is 19.2. The molecule has 0 aromatic carbocycles. The molecule has 0 aromatic rings. The predicted octanol–water partition coefficient (Wildman–Crippen LogP) is 1.80. The Morgan fingerprint density at radius 1 is 1.38 bits per heavy atom. The summed E-state index contributed by atoms with van der Waals surface area (Å²) in [6.07, 6.45) is -2.00. The van der Waals surface area contributed by atoms with Gasteiger partial charge in [-0.2, -0.15) is 0 Å². The SMILES string of the molecule is CC(ON=[N+]([O-])N(CCO)C(C)C)OC(=O)OC(C)(C)C. The molecule has 0 aliphatic carbocycles. The average molecular weight is 307 g/mol. The monoisotopic (exact) mass is 307 g/mol. The van der Waals surface area contributed by atoms with Gasteiger partial charge in [0.2, 0.25) is 5.28 Å². The summed E-state index contributed by atoms with van der Waals surface area (Å²) in [5, 5.41) is 25.0. The molecule has 0 aromatic heterocycles. The maximum Gasteiger partial charge on any atom is 0.511 e. The van der Waals surface area contributed by atoms with Crippen LogP contribution in [0.4, 0.5) is 4.79 Å². The Hall–Kier alpha value is -1.77. The fourth-order valence-corrected chi connectivity index (χ4v) is 1.23. The number of hydrazine groups is 1. The number of ether oxygens (including phenoxy) is 2. The molecule has 1 unspecified atom stereocenters. The standard InChI is InChI=1S/C12H25N3O6/c1-9(2)14(7-8-16)15(18)13-21-10(3)19-11(17)20-12(4,5)6/h9-10,16H,7-8H2,1-6H3. The highest BCUT2D eigenvalue weighted by molar-refractivity contribution is 5.60. The van der Waals surface area contributed by atoms with Gasteiger partial charge >= 0.3 is 6.16 Å². The van der Waals surface area contributed by atoms with Crippen LogP contribution in [0.3, 0.4) is 0 Å². The van der Waals surface area contributed by atoms with Crippen molar-refractivity contribution in [2.75, 3.05) is 13.2 Å². The zero-order chi connectivity index (χ0) is 16.6. The fourth-order valence-electron chi connectivity index (χ4n) is 1.23. The summed E-state index contributed by atoms with van der Waals surface area (Å²) < 4.78 is 9.69. The number of hydrogen-bond acceptors (Lipinski definition) is 7. The number of nitrogens with zero attached hydrogens (tertiary/aromatic N) is 3. The second-order valence-corrected chi connectivity index (χ2v) is 5.57. The Morgan fingerprint density at radius 3 is 2.38 bits per heavy atom. The van der Waals surface area contributed by atoms with Crippen LogP contribution in [0.5, 0.6) is 0 Å². The Morgan fingerprint density at radius 2 is 1.95 bits per heavy atom. The molecule has 21 heavy (non-hydrogen) atoms. The highest BCUT2D eigenvalue weighted by Gasteiger charge is 2.21. The molecule has 0 bridgehead atoms. The first-order chi connectivity index (χ1) is 9.56. The van der Waals surface area contributed by atoms with Crippen LogP contribution in [0.2, 0.25) is 0 Å². The van der Waals surface area contributed by atoms with Gasteiger partial charge in [-0.05, 0) is 34.6 Å². The van der Waals surface area contributed by atoms with E-state index in [2.05, 4.69) is 5.28 Å². The summed E-state index contributed by atoms with van der Waals surface area (Å²) in [4.78, 5) is 16.3. The van der Waals surface area contributed by atoms with E-state index in [1.807, 2.05) is 0 Å². The molecule has 0 aliphatic rings. The molecule has 1 atom stereocenters. The molecular weight excluding hydrogens is 282 g/mol. The van der Waals surface area contributed by atoms with Gasteiger partial charge in [0, 0.05) is 6.92 Å². The highest BCUT2D eigenvalue weighted by atomic mass is 16.8. The number of aliphatic hydroxyl groups is 1. The van der Waals surface area contributed by atoms with Crippen molar-refractivity contribution in [3.05, 3.63) is 5.21 Å². The molecular formula is C12H25N3O6. The van der Waals surface area contributed by atoms with E-state index in [9.17, 15) is 10.0 Å². The van der Waals surface area contributed by atoms with Gasteiger partial charge in [0.25, 0.3) is 6.29 Å². The lowest BCUT2D eigenvalue weighted by Gasteiger charge is -2.21. The maximum atomic E-state index is 11.7.